The topological polar surface area (TPSA) is 77.2 Å². The van der Waals surface area contributed by atoms with Crippen molar-refractivity contribution in [1.29, 1.82) is 0 Å². The van der Waals surface area contributed by atoms with Gasteiger partial charge in [-0.3, -0.25) is 9.78 Å². The van der Waals surface area contributed by atoms with Gasteiger partial charge >= 0.3 is 0 Å². The van der Waals surface area contributed by atoms with Crippen LogP contribution in [0.3, 0.4) is 0 Å². The summed E-state index contributed by atoms with van der Waals surface area (Å²) in [4.78, 5) is 21.2. The van der Waals surface area contributed by atoms with Gasteiger partial charge in [-0.05, 0) is 55.0 Å². The minimum absolute atomic E-state index is 0.201. The van der Waals surface area contributed by atoms with Gasteiger partial charge in [0.05, 0.1) is 0 Å². The maximum absolute atomic E-state index is 12.8. The number of amides is 1. The second-order valence-corrected chi connectivity index (χ2v) is 7.11. The number of oxazole rings is 1. The summed E-state index contributed by atoms with van der Waals surface area (Å²) in [6.45, 7) is 5.98. The van der Waals surface area contributed by atoms with Crippen LogP contribution in [0.25, 0.3) is 11.1 Å². The second kappa shape index (κ2) is 7.75. The second-order valence-electron chi connectivity index (χ2n) is 7.11. The zero-order valence-electron chi connectivity index (χ0n) is 16.5. The Kier molecular flexibility index (Phi) is 4.99. The molecule has 2 aromatic carbocycles. The van der Waals surface area contributed by atoms with Gasteiger partial charge in [-0.1, -0.05) is 19.9 Å². The van der Waals surface area contributed by atoms with Gasteiger partial charge in [0.15, 0.2) is 11.5 Å². The number of anilines is 1. The third-order valence-corrected chi connectivity index (χ3v) is 4.48. The maximum atomic E-state index is 12.8. The number of benzene rings is 2. The fourth-order valence-corrected chi connectivity index (χ4v) is 2.86. The molecule has 0 saturated carbocycles. The molecule has 0 aliphatic carbocycles. The number of carbonyl (C=O) groups is 1. The lowest BCUT2D eigenvalue weighted by Gasteiger charge is -2.11. The lowest BCUT2D eigenvalue weighted by atomic mass is 10.1. The van der Waals surface area contributed by atoms with E-state index in [0.29, 0.717) is 34.2 Å². The zero-order valence-corrected chi connectivity index (χ0v) is 16.5. The number of hydrogen-bond donors (Lipinski definition) is 1. The van der Waals surface area contributed by atoms with Crippen molar-refractivity contribution < 1.29 is 13.9 Å². The monoisotopic (exact) mass is 387 g/mol. The molecule has 0 unspecified atom stereocenters. The first-order valence-corrected chi connectivity index (χ1v) is 9.40. The molecule has 0 atom stereocenters. The molecule has 4 aromatic rings. The molecule has 146 valence electrons. The van der Waals surface area contributed by atoms with Crippen molar-refractivity contribution in [1.82, 2.24) is 9.97 Å². The van der Waals surface area contributed by atoms with Gasteiger partial charge in [0.1, 0.15) is 17.0 Å². The number of ether oxygens (including phenoxy) is 1. The minimum atomic E-state index is -0.225. The Bertz CT molecular complexity index is 1170. The van der Waals surface area contributed by atoms with E-state index in [-0.39, 0.29) is 11.8 Å². The van der Waals surface area contributed by atoms with E-state index >= 15 is 0 Å². The molecule has 0 bridgehead atoms. The summed E-state index contributed by atoms with van der Waals surface area (Å²) in [6, 6.07) is 14.3. The van der Waals surface area contributed by atoms with Crippen LogP contribution in [0.4, 0.5) is 5.69 Å². The van der Waals surface area contributed by atoms with Crippen molar-refractivity contribution in [2.45, 2.75) is 26.7 Å². The normalized spacial score (nSPS) is 11.0. The molecule has 0 aliphatic rings. The highest BCUT2D eigenvalue weighted by atomic mass is 16.5. The predicted octanol–water partition coefficient (Wildman–Crippen LogP) is 5.70. The van der Waals surface area contributed by atoms with Crippen molar-refractivity contribution in [2.24, 2.45) is 0 Å². The number of nitrogens with one attached hydrogen (secondary N) is 1. The van der Waals surface area contributed by atoms with E-state index in [0.717, 1.165) is 11.1 Å². The Hall–Kier alpha value is -3.67. The van der Waals surface area contributed by atoms with E-state index in [1.807, 2.05) is 39.0 Å². The third kappa shape index (κ3) is 4.11. The molecular formula is C23H21N3O3. The van der Waals surface area contributed by atoms with Gasteiger partial charge in [0, 0.05) is 29.6 Å². The number of nitrogens with zero attached hydrogens (tertiary/aromatic N) is 2. The van der Waals surface area contributed by atoms with Crippen LogP contribution in [-0.2, 0) is 0 Å². The molecule has 1 amide bonds. The predicted molar refractivity (Wildman–Crippen MR) is 112 cm³/mol. The Morgan fingerprint density at radius 1 is 1.07 bits per heavy atom. The van der Waals surface area contributed by atoms with E-state index < -0.39 is 0 Å². The van der Waals surface area contributed by atoms with Crippen LogP contribution < -0.4 is 10.1 Å². The first kappa shape index (κ1) is 18.7. The minimum Gasteiger partial charge on any atom is -0.457 e. The standard InChI is InChI=1S/C23H21N3O3/c1-14(2)23-26-19-13-17(6-7-20(19)29-23)25-22(27)16-5-4-15(3)21(12-16)28-18-8-10-24-11-9-18/h4-14H,1-3H3,(H,25,27). The summed E-state index contributed by atoms with van der Waals surface area (Å²) in [6.07, 6.45) is 3.32. The molecular weight excluding hydrogens is 366 g/mol. The van der Waals surface area contributed by atoms with Gasteiger partial charge < -0.3 is 14.5 Å². The highest BCUT2D eigenvalue weighted by molar-refractivity contribution is 6.05. The molecule has 6 heteroatoms. The smallest absolute Gasteiger partial charge is 0.255 e. The lowest BCUT2D eigenvalue weighted by Crippen LogP contribution is -2.12. The molecule has 0 saturated heterocycles. The zero-order chi connectivity index (χ0) is 20.4. The number of carbonyl (C=O) groups excluding carboxylic acids is 1. The van der Waals surface area contributed by atoms with Crippen LogP contribution in [0.5, 0.6) is 11.5 Å². The Balaban J connectivity index is 1.55. The fourth-order valence-electron chi connectivity index (χ4n) is 2.86. The number of aromatic nitrogens is 2. The van der Waals surface area contributed by atoms with Crippen LogP contribution >= 0.6 is 0 Å². The highest BCUT2D eigenvalue weighted by Crippen LogP contribution is 2.27. The average Bonchev–Trinajstić information content (AvgIpc) is 3.14. The first-order valence-electron chi connectivity index (χ1n) is 9.40. The lowest BCUT2D eigenvalue weighted by molar-refractivity contribution is 0.102. The van der Waals surface area contributed by atoms with Gasteiger partial charge in [-0.15, -0.1) is 0 Å². The van der Waals surface area contributed by atoms with E-state index in [4.69, 9.17) is 9.15 Å². The molecule has 2 heterocycles. The van der Waals surface area contributed by atoms with Gasteiger partial charge in [0.2, 0.25) is 0 Å². The van der Waals surface area contributed by atoms with E-state index in [9.17, 15) is 4.79 Å². The molecule has 0 fully saturated rings. The summed E-state index contributed by atoms with van der Waals surface area (Å²) in [5.41, 5.74) is 3.52. The highest BCUT2D eigenvalue weighted by Gasteiger charge is 2.13. The van der Waals surface area contributed by atoms with Gasteiger partial charge in [0.25, 0.3) is 5.91 Å². The van der Waals surface area contributed by atoms with Crippen LogP contribution in [-0.4, -0.2) is 15.9 Å². The summed E-state index contributed by atoms with van der Waals surface area (Å²) in [7, 11) is 0. The third-order valence-electron chi connectivity index (χ3n) is 4.48. The van der Waals surface area contributed by atoms with Crippen LogP contribution in [0.1, 0.15) is 41.6 Å². The summed E-state index contributed by atoms with van der Waals surface area (Å²) in [5.74, 6) is 1.94. The summed E-state index contributed by atoms with van der Waals surface area (Å²) < 4.78 is 11.6. The maximum Gasteiger partial charge on any atom is 0.255 e. The van der Waals surface area contributed by atoms with E-state index in [1.54, 1.807) is 42.7 Å². The van der Waals surface area contributed by atoms with Gasteiger partial charge in [-0.25, -0.2) is 4.98 Å². The Labute approximate surface area is 168 Å². The molecule has 29 heavy (non-hydrogen) atoms. The quantitative estimate of drug-likeness (QED) is 0.475. The Morgan fingerprint density at radius 2 is 1.86 bits per heavy atom. The molecule has 1 N–H and O–H groups in total. The van der Waals surface area contributed by atoms with E-state index in [2.05, 4.69) is 15.3 Å². The molecule has 0 aliphatic heterocycles. The first-order chi connectivity index (χ1) is 14.0. The van der Waals surface area contributed by atoms with Crippen molar-refractivity contribution in [2.75, 3.05) is 5.32 Å². The fraction of sp³-hybridized carbons (Fsp3) is 0.174. The van der Waals surface area contributed by atoms with Crippen LogP contribution in [0, 0.1) is 6.92 Å². The average molecular weight is 387 g/mol. The summed E-state index contributed by atoms with van der Waals surface area (Å²) >= 11 is 0. The molecule has 0 spiro atoms. The number of fused-ring (bicyclic) bond motifs is 1. The SMILES string of the molecule is Cc1ccc(C(=O)Nc2ccc3oc(C(C)C)nc3c2)cc1Oc1ccncc1. The molecule has 2 aromatic heterocycles. The number of hydrogen-bond acceptors (Lipinski definition) is 5. The van der Waals surface area contributed by atoms with Crippen LogP contribution in [0.2, 0.25) is 0 Å². The van der Waals surface area contributed by atoms with Crippen LogP contribution in [0.15, 0.2) is 65.3 Å². The van der Waals surface area contributed by atoms with Crippen molar-refractivity contribution >= 4 is 22.7 Å². The van der Waals surface area contributed by atoms with Crippen molar-refractivity contribution in [3.63, 3.8) is 0 Å². The molecule has 6 nitrogen and oxygen atoms in total. The molecule has 0 radical (unpaired) electrons. The Morgan fingerprint density at radius 3 is 2.62 bits per heavy atom. The number of pyridine rings is 1. The van der Waals surface area contributed by atoms with Gasteiger partial charge in [-0.2, -0.15) is 0 Å². The molecule has 4 rings (SSSR count). The van der Waals surface area contributed by atoms with Crippen molar-refractivity contribution in [3.8, 4) is 11.5 Å². The summed E-state index contributed by atoms with van der Waals surface area (Å²) in [5, 5.41) is 2.91. The van der Waals surface area contributed by atoms with Crippen molar-refractivity contribution in [3.05, 3.63) is 77.9 Å². The largest absolute Gasteiger partial charge is 0.457 e. The number of aryl methyl sites for hydroxylation is 1. The number of rotatable bonds is 5. The van der Waals surface area contributed by atoms with E-state index in [1.165, 1.54) is 0 Å².